The molecule has 0 fully saturated rings. The molecule has 4 N–H and O–H groups in total. The monoisotopic (exact) mass is 248 g/mol. The van der Waals surface area contributed by atoms with Crippen molar-refractivity contribution in [2.24, 2.45) is 0 Å². The van der Waals surface area contributed by atoms with Crippen LogP contribution in [0.2, 0.25) is 0 Å². The van der Waals surface area contributed by atoms with Crippen LogP contribution in [-0.2, 0) is 0 Å². The molecule has 0 bridgehead atoms. The van der Waals surface area contributed by atoms with E-state index >= 15 is 0 Å². The third kappa shape index (κ3) is 2.99. The van der Waals surface area contributed by atoms with Crippen molar-refractivity contribution in [2.75, 3.05) is 17.6 Å². The predicted molar refractivity (Wildman–Crippen MR) is 73.4 cm³/mol. The second-order valence-corrected chi connectivity index (χ2v) is 4.82. The predicted octanol–water partition coefficient (Wildman–Crippen LogP) is 2.78. The van der Waals surface area contributed by atoms with Gasteiger partial charge in [0, 0.05) is 6.54 Å². The number of anilines is 2. The number of nitrogen functional groups attached to an aromatic ring is 1. The number of hydrogen-bond donors (Lipinski definition) is 3. The average molecular weight is 248 g/mol. The van der Waals surface area contributed by atoms with Gasteiger partial charge < -0.3 is 16.2 Å². The Bertz CT molecular complexity index is 482. The molecule has 0 saturated heterocycles. The van der Waals surface area contributed by atoms with Crippen LogP contribution < -0.4 is 11.1 Å². The van der Waals surface area contributed by atoms with Crippen LogP contribution in [0.5, 0.6) is 0 Å². The van der Waals surface area contributed by atoms with Crippen molar-refractivity contribution < 1.29 is 5.11 Å². The number of thiophene rings is 1. The molecule has 2 rings (SSSR count). The molecule has 1 atom stereocenters. The zero-order chi connectivity index (χ0) is 12.3. The maximum absolute atomic E-state index is 9.92. The zero-order valence-electron chi connectivity index (χ0n) is 9.68. The molecule has 1 heterocycles. The molecule has 0 spiro atoms. The molecule has 0 amide bonds. The van der Waals surface area contributed by atoms with Crippen molar-refractivity contribution in [2.45, 2.75) is 13.0 Å². The first kappa shape index (κ1) is 12.0. The molecule has 3 nitrogen and oxygen atoms in total. The summed E-state index contributed by atoms with van der Waals surface area (Å²) in [5, 5.41) is 17.0. The van der Waals surface area contributed by atoms with Gasteiger partial charge in [0.25, 0.3) is 0 Å². The summed E-state index contributed by atoms with van der Waals surface area (Å²) in [6, 6.07) is 7.77. The quantitative estimate of drug-likeness (QED) is 0.729. The van der Waals surface area contributed by atoms with E-state index in [1.807, 2.05) is 41.9 Å². The zero-order valence-corrected chi connectivity index (χ0v) is 10.5. The molecule has 0 saturated carbocycles. The van der Waals surface area contributed by atoms with Gasteiger partial charge in [0.2, 0.25) is 0 Å². The Balaban J connectivity index is 1.98. The smallest absolute Gasteiger partial charge is 0.0970 e. The van der Waals surface area contributed by atoms with Gasteiger partial charge in [-0.25, -0.2) is 0 Å². The fourth-order valence-electron chi connectivity index (χ4n) is 1.63. The molecule has 2 aromatic rings. The summed E-state index contributed by atoms with van der Waals surface area (Å²) in [4.78, 5) is 0. The minimum absolute atomic E-state index is 0.462. The van der Waals surface area contributed by atoms with Crippen LogP contribution in [0.1, 0.15) is 17.2 Å². The van der Waals surface area contributed by atoms with Crippen LogP contribution in [0.25, 0.3) is 0 Å². The second kappa shape index (κ2) is 5.21. The number of nitrogens with one attached hydrogen (secondary N) is 1. The van der Waals surface area contributed by atoms with E-state index in [-0.39, 0.29) is 0 Å². The van der Waals surface area contributed by atoms with Crippen molar-refractivity contribution in [1.29, 1.82) is 0 Å². The Morgan fingerprint density at radius 3 is 2.88 bits per heavy atom. The molecule has 90 valence electrons. The lowest BCUT2D eigenvalue weighted by Crippen LogP contribution is -2.12. The number of benzene rings is 1. The van der Waals surface area contributed by atoms with Gasteiger partial charge in [0.15, 0.2) is 0 Å². The number of nitrogens with two attached hydrogens (primary N) is 1. The van der Waals surface area contributed by atoms with Gasteiger partial charge in [-0.15, -0.1) is 0 Å². The number of aliphatic hydroxyl groups is 1. The first-order valence-corrected chi connectivity index (χ1v) is 6.41. The highest BCUT2D eigenvalue weighted by atomic mass is 32.1. The molecule has 1 aromatic carbocycles. The third-order valence-corrected chi connectivity index (χ3v) is 3.32. The van der Waals surface area contributed by atoms with E-state index in [2.05, 4.69) is 5.32 Å². The molecule has 0 aliphatic carbocycles. The Morgan fingerprint density at radius 1 is 1.41 bits per heavy atom. The largest absolute Gasteiger partial charge is 0.397 e. The van der Waals surface area contributed by atoms with E-state index < -0.39 is 6.10 Å². The van der Waals surface area contributed by atoms with Crippen molar-refractivity contribution in [1.82, 2.24) is 0 Å². The molecule has 0 radical (unpaired) electrons. The van der Waals surface area contributed by atoms with Gasteiger partial charge in [-0.2, -0.15) is 11.3 Å². The minimum atomic E-state index is -0.498. The van der Waals surface area contributed by atoms with Crippen molar-refractivity contribution in [3.63, 3.8) is 0 Å². The molecule has 0 aliphatic rings. The summed E-state index contributed by atoms with van der Waals surface area (Å²) >= 11 is 1.58. The summed E-state index contributed by atoms with van der Waals surface area (Å²) in [6.45, 7) is 2.46. The van der Waals surface area contributed by atoms with E-state index in [1.54, 1.807) is 11.3 Å². The minimum Gasteiger partial charge on any atom is -0.397 e. The number of rotatable bonds is 4. The van der Waals surface area contributed by atoms with Crippen molar-refractivity contribution >= 4 is 22.7 Å². The van der Waals surface area contributed by atoms with Gasteiger partial charge in [-0.05, 0) is 47.0 Å². The lowest BCUT2D eigenvalue weighted by atomic mass is 10.1. The summed E-state index contributed by atoms with van der Waals surface area (Å²) in [5.41, 5.74) is 9.53. The molecule has 1 unspecified atom stereocenters. The number of hydrogen-bond acceptors (Lipinski definition) is 4. The van der Waals surface area contributed by atoms with E-state index in [9.17, 15) is 5.11 Å². The summed E-state index contributed by atoms with van der Waals surface area (Å²) in [5.74, 6) is 0. The van der Waals surface area contributed by atoms with Gasteiger partial charge in [-0.1, -0.05) is 6.07 Å². The standard InChI is InChI=1S/C13H16N2OS/c1-9-2-3-12(11(14)6-9)15-7-13(16)10-4-5-17-8-10/h2-6,8,13,15-16H,7,14H2,1H3. The van der Waals surface area contributed by atoms with Crippen LogP contribution in [0, 0.1) is 6.92 Å². The molecule has 1 aromatic heterocycles. The normalized spacial score (nSPS) is 12.4. The first-order valence-electron chi connectivity index (χ1n) is 5.47. The van der Waals surface area contributed by atoms with Crippen molar-refractivity contribution in [3.8, 4) is 0 Å². The second-order valence-electron chi connectivity index (χ2n) is 4.04. The summed E-state index contributed by atoms with van der Waals surface area (Å²) in [6.07, 6.45) is -0.498. The van der Waals surface area contributed by atoms with E-state index in [4.69, 9.17) is 5.73 Å². The van der Waals surface area contributed by atoms with Gasteiger partial charge in [0.05, 0.1) is 17.5 Å². The van der Waals surface area contributed by atoms with Crippen LogP contribution in [0.15, 0.2) is 35.0 Å². The highest BCUT2D eigenvalue weighted by Gasteiger charge is 2.08. The Kier molecular flexibility index (Phi) is 3.66. The van der Waals surface area contributed by atoms with Crippen molar-refractivity contribution in [3.05, 3.63) is 46.2 Å². The molecule has 4 heteroatoms. The summed E-state index contributed by atoms with van der Waals surface area (Å²) < 4.78 is 0. The Morgan fingerprint density at radius 2 is 2.24 bits per heavy atom. The Labute approximate surface area is 105 Å². The molecule has 0 aliphatic heterocycles. The SMILES string of the molecule is Cc1ccc(NCC(O)c2ccsc2)c(N)c1. The molecule has 17 heavy (non-hydrogen) atoms. The van der Waals surface area contributed by atoms with Crippen LogP contribution in [0.3, 0.4) is 0 Å². The van der Waals surface area contributed by atoms with Gasteiger partial charge >= 0.3 is 0 Å². The lowest BCUT2D eigenvalue weighted by molar-refractivity contribution is 0.192. The third-order valence-electron chi connectivity index (χ3n) is 2.62. The van der Waals surface area contributed by atoms with Crippen LogP contribution in [-0.4, -0.2) is 11.7 Å². The van der Waals surface area contributed by atoms with Crippen LogP contribution in [0.4, 0.5) is 11.4 Å². The fraction of sp³-hybridized carbons (Fsp3) is 0.231. The van der Waals surface area contributed by atoms with E-state index in [0.29, 0.717) is 12.2 Å². The highest BCUT2D eigenvalue weighted by Crippen LogP contribution is 2.21. The fourth-order valence-corrected chi connectivity index (χ4v) is 2.34. The van der Waals surface area contributed by atoms with Crippen LogP contribution >= 0.6 is 11.3 Å². The number of aliphatic hydroxyl groups excluding tert-OH is 1. The van der Waals surface area contributed by atoms with Gasteiger partial charge in [-0.3, -0.25) is 0 Å². The summed E-state index contributed by atoms with van der Waals surface area (Å²) in [7, 11) is 0. The lowest BCUT2D eigenvalue weighted by Gasteiger charge is -2.13. The maximum atomic E-state index is 9.92. The van der Waals surface area contributed by atoms with E-state index in [0.717, 1.165) is 16.8 Å². The first-order chi connectivity index (χ1) is 8.16. The Hall–Kier alpha value is -1.52. The molecular weight excluding hydrogens is 232 g/mol. The number of aryl methyl sites for hydroxylation is 1. The average Bonchev–Trinajstić information content (AvgIpc) is 2.81. The highest BCUT2D eigenvalue weighted by molar-refractivity contribution is 7.07. The van der Waals surface area contributed by atoms with E-state index in [1.165, 1.54) is 0 Å². The van der Waals surface area contributed by atoms with Gasteiger partial charge in [0.1, 0.15) is 0 Å². The topological polar surface area (TPSA) is 58.3 Å². The maximum Gasteiger partial charge on any atom is 0.0970 e. The molecular formula is C13H16N2OS.